The van der Waals surface area contributed by atoms with E-state index >= 15 is 0 Å². The zero-order valence-electron chi connectivity index (χ0n) is 21.7. The van der Waals surface area contributed by atoms with Crippen LogP contribution in [0.1, 0.15) is 50.8 Å². The van der Waals surface area contributed by atoms with Crippen molar-refractivity contribution >= 4 is 0 Å². The Hall–Kier alpha value is -2.87. The Labute approximate surface area is 214 Å². The van der Waals surface area contributed by atoms with Crippen molar-refractivity contribution in [1.82, 2.24) is 14.7 Å². The largest absolute Gasteiger partial charge is 0.497 e. The van der Waals surface area contributed by atoms with Gasteiger partial charge in [-0.2, -0.15) is 5.10 Å². The van der Waals surface area contributed by atoms with E-state index in [9.17, 15) is 5.11 Å². The van der Waals surface area contributed by atoms with Crippen LogP contribution >= 0.6 is 0 Å². The summed E-state index contributed by atoms with van der Waals surface area (Å²) >= 11 is 0. The molecular weight excluding hydrogens is 454 g/mol. The van der Waals surface area contributed by atoms with E-state index in [1.165, 1.54) is 0 Å². The number of hydrogen-bond acceptors (Lipinski definition) is 6. The number of aliphatic hydroxyl groups is 1. The van der Waals surface area contributed by atoms with Crippen molar-refractivity contribution < 1.29 is 19.3 Å². The van der Waals surface area contributed by atoms with Gasteiger partial charge < -0.3 is 19.3 Å². The third-order valence-electron chi connectivity index (χ3n) is 6.45. The van der Waals surface area contributed by atoms with E-state index in [0.29, 0.717) is 38.2 Å². The lowest BCUT2D eigenvalue weighted by Gasteiger charge is -2.25. The number of methoxy groups -OCH3 is 1. The SMILES string of the molecule is CCCCOC[C@@H](O)CN(Cc1c(CC)nn(-c2ccccc2)c1Oc1ccc(OC)cc1)C1CC1. The maximum absolute atomic E-state index is 10.7. The first-order chi connectivity index (χ1) is 17.6. The van der Waals surface area contributed by atoms with Gasteiger partial charge in [-0.05, 0) is 62.1 Å². The lowest BCUT2D eigenvalue weighted by atomic mass is 10.1. The van der Waals surface area contributed by atoms with Crippen LogP contribution < -0.4 is 9.47 Å². The second kappa shape index (κ2) is 12.9. The van der Waals surface area contributed by atoms with Gasteiger partial charge in [0.2, 0.25) is 5.88 Å². The molecule has 7 heteroatoms. The number of ether oxygens (including phenoxy) is 3. The molecule has 1 fully saturated rings. The number of aryl methyl sites for hydroxylation is 1. The summed E-state index contributed by atoms with van der Waals surface area (Å²) in [4.78, 5) is 2.36. The predicted molar refractivity (Wildman–Crippen MR) is 141 cm³/mol. The van der Waals surface area contributed by atoms with Crippen LogP contribution in [0, 0.1) is 0 Å². The molecule has 2 aromatic carbocycles. The average molecular weight is 494 g/mol. The molecule has 0 saturated heterocycles. The number of nitrogens with zero attached hydrogens (tertiary/aromatic N) is 3. The number of aliphatic hydroxyl groups excluding tert-OH is 1. The fourth-order valence-corrected chi connectivity index (χ4v) is 4.30. The minimum atomic E-state index is -0.525. The van der Waals surface area contributed by atoms with Gasteiger partial charge >= 0.3 is 0 Å². The van der Waals surface area contributed by atoms with Gasteiger partial charge in [-0.25, -0.2) is 4.68 Å². The van der Waals surface area contributed by atoms with E-state index in [0.717, 1.165) is 60.5 Å². The summed E-state index contributed by atoms with van der Waals surface area (Å²) in [5, 5.41) is 15.7. The number of aromatic nitrogens is 2. The predicted octanol–water partition coefficient (Wildman–Crippen LogP) is 5.38. The highest BCUT2D eigenvalue weighted by Crippen LogP contribution is 2.36. The summed E-state index contributed by atoms with van der Waals surface area (Å²) in [7, 11) is 1.65. The van der Waals surface area contributed by atoms with Gasteiger partial charge in [0.25, 0.3) is 0 Å². The highest BCUT2D eigenvalue weighted by molar-refractivity contribution is 5.44. The number of rotatable bonds is 15. The Kier molecular flexibility index (Phi) is 9.39. The fourth-order valence-electron chi connectivity index (χ4n) is 4.30. The maximum atomic E-state index is 10.7. The van der Waals surface area contributed by atoms with Crippen LogP contribution in [0.3, 0.4) is 0 Å². The Morgan fingerprint density at radius 3 is 2.42 bits per heavy atom. The van der Waals surface area contributed by atoms with Gasteiger partial charge in [0.15, 0.2) is 0 Å². The Morgan fingerprint density at radius 2 is 1.78 bits per heavy atom. The summed E-state index contributed by atoms with van der Waals surface area (Å²) in [6.07, 6.45) is 4.66. The molecule has 1 saturated carbocycles. The second-order valence-electron chi connectivity index (χ2n) is 9.35. The first-order valence-electron chi connectivity index (χ1n) is 13.1. The van der Waals surface area contributed by atoms with Gasteiger partial charge in [0, 0.05) is 25.7 Å². The van der Waals surface area contributed by atoms with Crippen molar-refractivity contribution in [3.8, 4) is 23.1 Å². The third kappa shape index (κ3) is 6.87. The number of unbranched alkanes of at least 4 members (excludes halogenated alkanes) is 1. The quantitative estimate of drug-likeness (QED) is 0.287. The van der Waals surface area contributed by atoms with Crippen molar-refractivity contribution in [2.24, 2.45) is 0 Å². The molecule has 7 nitrogen and oxygen atoms in total. The van der Waals surface area contributed by atoms with Crippen molar-refractivity contribution in [1.29, 1.82) is 0 Å². The molecule has 0 unspecified atom stereocenters. The summed E-state index contributed by atoms with van der Waals surface area (Å²) in [6.45, 7) is 6.55. The number of benzene rings is 2. The zero-order valence-corrected chi connectivity index (χ0v) is 21.7. The Bertz CT molecular complexity index is 1060. The van der Waals surface area contributed by atoms with E-state index < -0.39 is 6.10 Å². The zero-order chi connectivity index (χ0) is 25.3. The normalized spacial score (nSPS) is 14.2. The van der Waals surface area contributed by atoms with Gasteiger partial charge in [-0.15, -0.1) is 0 Å². The van der Waals surface area contributed by atoms with Crippen molar-refractivity contribution in [3.05, 3.63) is 65.9 Å². The van der Waals surface area contributed by atoms with Gasteiger partial charge in [0.05, 0.1) is 36.8 Å². The van der Waals surface area contributed by atoms with Crippen LogP contribution in [-0.4, -0.2) is 58.8 Å². The summed E-state index contributed by atoms with van der Waals surface area (Å²) in [5.41, 5.74) is 3.01. The molecule has 0 radical (unpaired) electrons. The van der Waals surface area contributed by atoms with E-state index in [4.69, 9.17) is 19.3 Å². The molecule has 0 amide bonds. The standard InChI is InChI=1S/C29H39N3O4/c1-4-6-18-35-21-24(33)19-31(22-12-13-22)20-27-28(5-2)30-32(23-10-8-7-9-11-23)29(27)36-26-16-14-25(34-3)15-17-26/h7-11,14-17,22,24,33H,4-6,12-13,18-21H2,1-3H3/t24-/m0/s1. The van der Waals surface area contributed by atoms with Crippen LogP contribution in [0.15, 0.2) is 54.6 Å². The molecule has 1 aromatic heterocycles. The van der Waals surface area contributed by atoms with E-state index in [1.807, 2.05) is 59.3 Å². The first kappa shape index (κ1) is 26.2. The van der Waals surface area contributed by atoms with Crippen molar-refractivity contribution in [2.75, 3.05) is 26.9 Å². The highest BCUT2D eigenvalue weighted by Gasteiger charge is 2.33. The molecule has 0 aliphatic heterocycles. The third-order valence-corrected chi connectivity index (χ3v) is 6.45. The lowest BCUT2D eigenvalue weighted by Crippen LogP contribution is -2.36. The molecule has 1 heterocycles. The van der Waals surface area contributed by atoms with Crippen LogP contribution in [0.4, 0.5) is 0 Å². The Balaban J connectivity index is 1.61. The van der Waals surface area contributed by atoms with Gasteiger partial charge in [-0.1, -0.05) is 38.5 Å². The molecule has 194 valence electrons. The Morgan fingerprint density at radius 1 is 1.06 bits per heavy atom. The summed E-state index contributed by atoms with van der Waals surface area (Å²) in [6, 6.07) is 18.1. The van der Waals surface area contributed by atoms with Crippen LogP contribution in [-0.2, 0) is 17.7 Å². The monoisotopic (exact) mass is 493 g/mol. The maximum Gasteiger partial charge on any atom is 0.227 e. The van der Waals surface area contributed by atoms with E-state index in [2.05, 4.69) is 18.7 Å². The summed E-state index contributed by atoms with van der Waals surface area (Å²) in [5.74, 6) is 2.21. The van der Waals surface area contributed by atoms with E-state index in [-0.39, 0.29) is 0 Å². The van der Waals surface area contributed by atoms with E-state index in [1.54, 1.807) is 7.11 Å². The fraction of sp³-hybridized carbons (Fsp3) is 0.483. The minimum absolute atomic E-state index is 0.363. The smallest absolute Gasteiger partial charge is 0.227 e. The van der Waals surface area contributed by atoms with Crippen molar-refractivity contribution in [2.45, 2.75) is 64.6 Å². The number of para-hydroxylation sites is 1. The molecule has 1 atom stereocenters. The average Bonchev–Trinajstić information content (AvgIpc) is 3.71. The highest BCUT2D eigenvalue weighted by atomic mass is 16.5. The van der Waals surface area contributed by atoms with Crippen LogP contribution in [0.25, 0.3) is 5.69 Å². The van der Waals surface area contributed by atoms with Crippen LogP contribution in [0.5, 0.6) is 17.4 Å². The second-order valence-corrected chi connectivity index (χ2v) is 9.35. The minimum Gasteiger partial charge on any atom is -0.497 e. The molecule has 0 bridgehead atoms. The van der Waals surface area contributed by atoms with Crippen molar-refractivity contribution in [3.63, 3.8) is 0 Å². The van der Waals surface area contributed by atoms with Crippen LogP contribution in [0.2, 0.25) is 0 Å². The number of hydrogen-bond donors (Lipinski definition) is 1. The molecule has 1 N–H and O–H groups in total. The molecule has 1 aliphatic rings. The van der Waals surface area contributed by atoms with Gasteiger partial charge in [-0.3, -0.25) is 4.90 Å². The molecule has 3 aromatic rings. The molecule has 0 spiro atoms. The topological polar surface area (TPSA) is 69.0 Å². The summed E-state index contributed by atoms with van der Waals surface area (Å²) < 4.78 is 19.4. The van der Waals surface area contributed by atoms with Gasteiger partial charge in [0.1, 0.15) is 11.5 Å². The molecule has 4 rings (SSSR count). The first-order valence-corrected chi connectivity index (χ1v) is 13.1. The molecule has 36 heavy (non-hydrogen) atoms. The molecular formula is C29H39N3O4. The molecule has 1 aliphatic carbocycles. The lowest BCUT2D eigenvalue weighted by molar-refractivity contribution is 0.0126.